The highest BCUT2D eigenvalue weighted by Crippen LogP contribution is 2.30. The predicted molar refractivity (Wildman–Crippen MR) is 88.1 cm³/mol. The maximum atomic E-state index is 5.25. The maximum absolute atomic E-state index is 5.25. The van der Waals surface area contributed by atoms with Crippen LogP contribution in [0.1, 0.15) is 44.6 Å². The number of methoxy groups -OCH3 is 1. The van der Waals surface area contributed by atoms with Gasteiger partial charge in [0.2, 0.25) is 0 Å². The third-order valence-electron chi connectivity index (χ3n) is 4.41. The number of hydrogen-bond donors (Lipinski definition) is 1. The van der Waals surface area contributed by atoms with Crippen molar-refractivity contribution in [3.05, 3.63) is 28.2 Å². The molecule has 0 aromatic heterocycles. The van der Waals surface area contributed by atoms with Gasteiger partial charge in [0.15, 0.2) is 0 Å². The molecule has 0 aliphatic heterocycles. The van der Waals surface area contributed by atoms with Crippen molar-refractivity contribution >= 4 is 15.9 Å². The van der Waals surface area contributed by atoms with Gasteiger partial charge in [-0.25, -0.2) is 0 Å². The van der Waals surface area contributed by atoms with E-state index in [0.717, 1.165) is 35.1 Å². The smallest absolute Gasteiger partial charge is 0.133 e. The van der Waals surface area contributed by atoms with Crippen molar-refractivity contribution in [1.82, 2.24) is 5.32 Å². The van der Waals surface area contributed by atoms with Gasteiger partial charge in [-0.15, -0.1) is 0 Å². The van der Waals surface area contributed by atoms with Gasteiger partial charge in [-0.05, 0) is 58.4 Å². The largest absolute Gasteiger partial charge is 0.496 e. The van der Waals surface area contributed by atoms with Crippen LogP contribution in [0.5, 0.6) is 5.75 Å². The Hall–Kier alpha value is -0.540. The number of halogens is 1. The van der Waals surface area contributed by atoms with Gasteiger partial charge in [-0.2, -0.15) is 0 Å². The summed E-state index contributed by atoms with van der Waals surface area (Å²) in [5, 5.41) is 3.56. The van der Waals surface area contributed by atoms with E-state index < -0.39 is 0 Å². The Balaban J connectivity index is 1.67. The van der Waals surface area contributed by atoms with Gasteiger partial charge < -0.3 is 10.1 Å². The van der Waals surface area contributed by atoms with Crippen molar-refractivity contribution in [3.63, 3.8) is 0 Å². The molecule has 1 N–H and O–H groups in total. The van der Waals surface area contributed by atoms with Gasteiger partial charge >= 0.3 is 0 Å². The maximum Gasteiger partial charge on any atom is 0.133 e. The zero-order chi connectivity index (χ0) is 14.4. The molecular formula is C17H26BrNO. The Labute approximate surface area is 131 Å². The second-order valence-electron chi connectivity index (χ2n) is 6.06. The fourth-order valence-corrected chi connectivity index (χ4v) is 3.56. The van der Waals surface area contributed by atoms with Crippen LogP contribution in [0.4, 0.5) is 0 Å². The molecule has 1 aliphatic carbocycles. The summed E-state index contributed by atoms with van der Waals surface area (Å²) in [5.41, 5.74) is 1.30. The van der Waals surface area contributed by atoms with Crippen LogP contribution < -0.4 is 10.1 Å². The van der Waals surface area contributed by atoms with Gasteiger partial charge in [0.25, 0.3) is 0 Å². The quantitative estimate of drug-likeness (QED) is 0.754. The lowest BCUT2D eigenvalue weighted by molar-refractivity contribution is 0.275. The van der Waals surface area contributed by atoms with E-state index in [2.05, 4.69) is 40.3 Å². The molecule has 1 fully saturated rings. The second kappa shape index (κ2) is 8.04. The summed E-state index contributed by atoms with van der Waals surface area (Å²) in [4.78, 5) is 0. The van der Waals surface area contributed by atoms with Crippen molar-refractivity contribution in [2.75, 3.05) is 13.7 Å². The standard InChI is InChI=1S/C17H26BrNO/c1-13-3-5-14(6-4-13)9-10-19-12-15-7-8-17(20-2)16(18)11-15/h7-8,11,13-14,19H,3-6,9-10,12H2,1-2H3. The van der Waals surface area contributed by atoms with Crippen LogP contribution >= 0.6 is 15.9 Å². The van der Waals surface area contributed by atoms with E-state index >= 15 is 0 Å². The molecule has 1 aromatic carbocycles. The highest BCUT2D eigenvalue weighted by molar-refractivity contribution is 9.10. The molecule has 0 saturated heterocycles. The lowest BCUT2D eigenvalue weighted by Crippen LogP contribution is -2.20. The minimum absolute atomic E-state index is 0.894. The highest BCUT2D eigenvalue weighted by Gasteiger charge is 2.17. The fraction of sp³-hybridized carbons (Fsp3) is 0.647. The molecule has 1 aromatic rings. The minimum atomic E-state index is 0.894. The van der Waals surface area contributed by atoms with Crippen molar-refractivity contribution in [2.24, 2.45) is 11.8 Å². The normalized spacial score (nSPS) is 22.8. The van der Waals surface area contributed by atoms with E-state index in [1.165, 1.54) is 37.7 Å². The first-order valence-electron chi connectivity index (χ1n) is 7.72. The molecule has 3 heteroatoms. The number of nitrogens with one attached hydrogen (secondary N) is 1. The zero-order valence-electron chi connectivity index (χ0n) is 12.6. The summed E-state index contributed by atoms with van der Waals surface area (Å²) in [6.07, 6.45) is 7.03. The van der Waals surface area contributed by atoms with E-state index in [9.17, 15) is 0 Å². The molecule has 0 amide bonds. The van der Waals surface area contributed by atoms with Crippen LogP contribution in [0.2, 0.25) is 0 Å². The summed E-state index contributed by atoms with van der Waals surface area (Å²) in [7, 11) is 1.70. The molecule has 2 nitrogen and oxygen atoms in total. The number of rotatable bonds is 6. The zero-order valence-corrected chi connectivity index (χ0v) is 14.2. The summed E-state index contributed by atoms with van der Waals surface area (Å²) in [6.45, 7) is 4.45. The molecule has 2 rings (SSSR count). The SMILES string of the molecule is COc1ccc(CNCCC2CCC(C)CC2)cc1Br. The third-order valence-corrected chi connectivity index (χ3v) is 5.03. The first kappa shape index (κ1) is 15.8. The van der Waals surface area contributed by atoms with E-state index in [0.29, 0.717) is 0 Å². The molecule has 1 aliphatic rings. The number of benzene rings is 1. The Kier molecular flexibility index (Phi) is 6.37. The van der Waals surface area contributed by atoms with Crippen LogP contribution in [-0.4, -0.2) is 13.7 Å². The first-order valence-corrected chi connectivity index (χ1v) is 8.51. The topological polar surface area (TPSA) is 21.3 Å². The molecule has 0 heterocycles. The Morgan fingerprint density at radius 2 is 2.00 bits per heavy atom. The summed E-state index contributed by atoms with van der Waals surface area (Å²) in [6, 6.07) is 6.27. The van der Waals surface area contributed by atoms with Gasteiger partial charge in [-0.3, -0.25) is 0 Å². The minimum Gasteiger partial charge on any atom is -0.496 e. The first-order chi connectivity index (χ1) is 9.69. The number of hydrogen-bond acceptors (Lipinski definition) is 2. The Morgan fingerprint density at radius 1 is 1.25 bits per heavy atom. The molecular weight excluding hydrogens is 314 g/mol. The highest BCUT2D eigenvalue weighted by atomic mass is 79.9. The van der Waals surface area contributed by atoms with E-state index in [4.69, 9.17) is 4.74 Å². The van der Waals surface area contributed by atoms with Gasteiger partial charge in [0, 0.05) is 6.54 Å². The lowest BCUT2D eigenvalue weighted by Gasteiger charge is -2.26. The molecule has 0 atom stereocenters. The predicted octanol–water partition coefficient (Wildman–Crippen LogP) is 4.76. The Bertz CT molecular complexity index is 413. The molecule has 112 valence electrons. The van der Waals surface area contributed by atoms with E-state index in [1.54, 1.807) is 7.11 Å². The molecule has 20 heavy (non-hydrogen) atoms. The van der Waals surface area contributed by atoms with Crippen molar-refractivity contribution in [3.8, 4) is 5.75 Å². The molecule has 1 saturated carbocycles. The van der Waals surface area contributed by atoms with Crippen LogP contribution in [0.3, 0.4) is 0 Å². The van der Waals surface area contributed by atoms with Gasteiger partial charge in [0.1, 0.15) is 5.75 Å². The average molecular weight is 340 g/mol. The third kappa shape index (κ3) is 4.78. The monoisotopic (exact) mass is 339 g/mol. The van der Waals surface area contributed by atoms with Gasteiger partial charge in [-0.1, -0.05) is 38.7 Å². The van der Waals surface area contributed by atoms with Crippen molar-refractivity contribution < 1.29 is 4.74 Å². The Morgan fingerprint density at radius 3 is 2.65 bits per heavy atom. The summed E-state index contributed by atoms with van der Waals surface area (Å²) < 4.78 is 6.27. The van der Waals surface area contributed by atoms with Crippen molar-refractivity contribution in [1.29, 1.82) is 0 Å². The van der Waals surface area contributed by atoms with Crippen LogP contribution in [0, 0.1) is 11.8 Å². The summed E-state index contributed by atoms with van der Waals surface area (Å²) in [5.74, 6) is 2.79. The molecule has 0 radical (unpaired) electrons. The molecule has 0 bridgehead atoms. The average Bonchev–Trinajstić information content (AvgIpc) is 2.46. The van der Waals surface area contributed by atoms with Crippen LogP contribution in [0.15, 0.2) is 22.7 Å². The van der Waals surface area contributed by atoms with Gasteiger partial charge in [0.05, 0.1) is 11.6 Å². The van der Waals surface area contributed by atoms with Crippen molar-refractivity contribution in [2.45, 2.75) is 45.6 Å². The van der Waals surface area contributed by atoms with Crippen LogP contribution in [0.25, 0.3) is 0 Å². The van der Waals surface area contributed by atoms with E-state index in [-0.39, 0.29) is 0 Å². The molecule has 0 spiro atoms. The molecule has 0 unspecified atom stereocenters. The fourth-order valence-electron chi connectivity index (χ4n) is 2.98. The second-order valence-corrected chi connectivity index (χ2v) is 6.91. The van der Waals surface area contributed by atoms with E-state index in [1.807, 2.05) is 6.07 Å². The lowest BCUT2D eigenvalue weighted by atomic mass is 9.81. The van der Waals surface area contributed by atoms with Crippen LogP contribution in [-0.2, 0) is 6.54 Å². The summed E-state index contributed by atoms with van der Waals surface area (Å²) >= 11 is 3.53. The number of ether oxygens (including phenoxy) is 1.